The van der Waals surface area contributed by atoms with Crippen molar-refractivity contribution >= 4 is 22.8 Å². The normalized spacial score (nSPS) is 27.5. The van der Waals surface area contributed by atoms with Crippen LogP contribution in [0.2, 0.25) is 0 Å². The van der Waals surface area contributed by atoms with E-state index in [1.807, 2.05) is 54.6 Å². The lowest BCUT2D eigenvalue weighted by Crippen LogP contribution is -2.40. The Bertz CT molecular complexity index is 1130. The summed E-state index contributed by atoms with van der Waals surface area (Å²) >= 11 is 0. The Kier molecular flexibility index (Phi) is 4.77. The Hall–Kier alpha value is -3.09. The summed E-state index contributed by atoms with van der Waals surface area (Å²) < 4.78 is 17.1. The van der Waals surface area contributed by atoms with Gasteiger partial charge in [-0.3, -0.25) is 4.79 Å². The van der Waals surface area contributed by atoms with E-state index in [1.54, 1.807) is 6.07 Å². The highest BCUT2D eigenvalue weighted by Gasteiger charge is 2.65. The van der Waals surface area contributed by atoms with E-state index in [2.05, 4.69) is 24.3 Å². The van der Waals surface area contributed by atoms with Crippen LogP contribution in [0.15, 0.2) is 99.6 Å². The highest BCUT2D eigenvalue weighted by atomic mass is 32.2. The van der Waals surface area contributed by atoms with Gasteiger partial charge in [-0.05, 0) is 42.8 Å². The van der Waals surface area contributed by atoms with Crippen LogP contribution in [0, 0.1) is 5.92 Å². The molecule has 3 aromatic carbocycles. The summed E-state index contributed by atoms with van der Waals surface area (Å²) in [5, 5.41) is 0. The number of carbonyl (C=O) groups excluding carboxylic acids is 2. The van der Waals surface area contributed by atoms with Gasteiger partial charge in [-0.2, -0.15) is 0 Å². The molecule has 6 heteroatoms. The summed E-state index contributed by atoms with van der Waals surface area (Å²) in [7, 11) is -0.355. The standard InChI is InChI=1S/C26H21O5S/c27-25(30-23-21-15-20-22(29-21)24(23)31-26(20)28)16-8-7-13-19(14-16)32(17-9-3-1-4-10-17)18-11-5-2-6-12-18/h1-14,20-24H,15H2/q+1. The van der Waals surface area contributed by atoms with Crippen molar-refractivity contribution in [2.45, 2.75) is 45.5 Å². The van der Waals surface area contributed by atoms with Gasteiger partial charge in [0.05, 0.1) is 28.5 Å². The monoisotopic (exact) mass is 445 g/mol. The molecule has 0 aliphatic carbocycles. The van der Waals surface area contributed by atoms with Crippen LogP contribution < -0.4 is 0 Å². The molecule has 5 unspecified atom stereocenters. The van der Waals surface area contributed by atoms with Gasteiger partial charge >= 0.3 is 11.9 Å². The van der Waals surface area contributed by atoms with E-state index in [0.29, 0.717) is 12.0 Å². The van der Waals surface area contributed by atoms with Crippen LogP contribution in [-0.4, -0.2) is 36.4 Å². The molecule has 3 fully saturated rings. The fourth-order valence-electron chi connectivity index (χ4n) is 4.85. The van der Waals surface area contributed by atoms with Crippen LogP contribution in [0.5, 0.6) is 0 Å². The molecule has 0 aromatic heterocycles. The third kappa shape index (κ3) is 3.22. The molecule has 3 aliphatic heterocycles. The van der Waals surface area contributed by atoms with Crippen molar-refractivity contribution < 1.29 is 23.8 Å². The molecule has 2 bridgehead atoms. The lowest BCUT2D eigenvalue weighted by atomic mass is 9.88. The van der Waals surface area contributed by atoms with Crippen LogP contribution in [-0.2, 0) is 29.9 Å². The third-order valence-corrected chi connectivity index (χ3v) is 8.50. The molecule has 3 aliphatic rings. The Morgan fingerprint density at radius 1 is 0.844 bits per heavy atom. The summed E-state index contributed by atoms with van der Waals surface area (Å²) in [5.74, 6) is -0.864. The van der Waals surface area contributed by atoms with Gasteiger partial charge in [0, 0.05) is 6.07 Å². The molecule has 0 amide bonds. The Labute approximate surface area is 188 Å². The molecular formula is C26H21O5S+. The zero-order valence-electron chi connectivity index (χ0n) is 17.1. The van der Waals surface area contributed by atoms with E-state index in [0.717, 1.165) is 4.90 Å². The van der Waals surface area contributed by atoms with Crippen molar-refractivity contribution in [3.63, 3.8) is 0 Å². The van der Waals surface area contributed by atoms with Crippen LogP contribution >= 0.6 is 0 Å². The van der Waals surface area contributed by atoms with Gasteiger partial charge in [0.25, 0.3) is 0 Å². The van der Waals surface area contributed by atoms with Crippen molar-refractivity contribution in [1.82, 2.24) is 0 Å². The molecule has 6 rings (SSSR count). The lowest BCUT2D eigenvalue weighted by molar-refractivity contribution is -0.145. The van der Waals surface area contributed by atoms with Gasteiger partial charge in [0.2, 0.25) is 0 Å². The largest absolute Gasteiger partial charge is 0.455 e. The molecule has 5 atom stereocenters. The van der Waals surface area contributed by atoms with Gasteiger partial charge in [0.1, 0.15) is 6.10 Å². The average Bonchev–Trinajstić information content (AvgIpc) is 3.46. The first-order valence-electron chi connectivity index (χ1n) is 10.7. The number of carbonyl (C=O) groups is 2. The molecule has 0 spiro atoms. The number of hydrogen-bond acceptors (Lipinski definition) is 5. The van der Waals surface area contributed by atoms with Crippen molar-refractivity contribution in [3.8, 4) is 0 Å². The molecule has 160 valence electrons. The van der Waals surface area contributed by atoms with Gasteiger partial charge in [0.15, 0.2) is 26.9 Å². The molecule has 3 saturated heterocycles. The van der Waals surface area contributed by atoms with Crippen molar-refractivity contribution in [2.75, 3.05) is 0 Å². The molecule has 0 saturated carbocycles. The molecule has 32 heavy (non-hydrogen) atoms. The van der Waals surface area contributed by atoms with E-state index in [4.69, 9.17) is 14.2 Å². The summed E-state index contributed by atoms with van der Waals surface area (Å²) in [5.41, 5.74) is 0.482. The van der Waals surface area contributed by atoms with E-state index in [-0.39, 0.29) is 35.0 Å². The first kappa shape index (κ1) is 19.6. The maximum Gasteiger partial charge on any atom is 0.338 e. The molecule has 3 heterocycles. The fraction of sp³-hybridized carbons (Fsp3) is 0.231. The number of hydrogen-bond donors (Lipinski definition) is 0. The predicted molar refractivity (Wildman–Crippen MR) is 117 cm³/mol. The van der Waals surface area contributed by atoms with Crippen molar-refractivity contribution in [2.24, 2.45) is 5.92 Å². The second-order valence-corrected chi connectivity index (χ2v) is 10.2. The van der Waals surface area contributed by atoms with E-state index in [1.165, 1.54) is 9.79 Å². The van der Waals surface area contributed by atoms with Crippen LogP contribution in [0.4, 0.5) is 0 Å². The summed E-state index contributed by atoms with van der Waals surface area (Å²) in [6.45, 7) is 0. The number of benzene rings is 3. The van der Waals surface area contributed by atoms with Gasteiger partial charge in [-0.25, -0.2) is 4.79 Å². The summed E-state index contributed by atoms with van der Waals surface area (Å²) in [4.78, 5) is 28.4. The van der Waals surface area contributed by atoms with Gasteiger partial charge < -0.3 is 14.2 Å². The highest BCUT2D eigenvalue weighted by Crippen LogP contribution is 2.47. The third-order valence-electron chi connectivity index (χ3n) is 6.29. The predicted octanol–water partition coefficient (Wildman–Crippen LogP) is 4.02. The fourth-order valence-corrected chi connectivity index (χ4v) is 6.98. The Morgan fingerprint density at radius 2 is 1.50 bits per heavy atom. The van der Waals surface area contributed by atoms with Gasteiger partial charge in [-0.1, -0.05) is 42.5 Å². The first-order valence-corrected chi connectivity index (χ1v) is 11.9. The van der Waals surface area contributed by atoms with Crippen molar-refractivity contribution in [1.29, 1.82) is 0 Å². The molecule has 5 nitrogen and oxygen atoms in total. The Balaban J connectivity index is 1.29. The molecule has 0 N–H and O–H groups in total. The van der Waals surface area contributed by atoms with Crippen LogP contribution in [0.25, 0.3) is 0 Å². The number of fused-ring (bicyclic) bond motifs is 1. The highest BCUT2D eigenvalue weighted by molar-refractivity contribution is 7.97. The van der Waals surface area contributed by atoms with Crippen LogP contribution in [0.3, 0.4) is 0 Å². The Morgan fingerprint density at radius 3 is 2.19 bits per heavy atom. The number of esters is 2. The van der Waals surface area contributed by atoms with Gasteiger partial charge in [-0.15, -0.1) is 0 Å². The van der Waals surface area contributed by atoms with Crippen LogP contribution in [0.1, 0.15) is 16.8 Å². The smallest absolute Gasteiger partial charge is 0.338 e. The lowest BCUT2D eigenvalue weighted by Gasteiger charge is -2.22. The second kappa shape index (κ2) is 7.80. The minimum atomic E-state index is -0.541. The summed E-state index contributed by atoms with van der Waals surface area (Å²) in [6, 6.07) is 28.2. The van der Waals surface area contributed by atoms with E-state index < -0.39 is 18.2 Å². The first-order chi connectivity index (χ1) is 15.7. The number of ether oxygens (including phenoxy) is 3. The molecule has 0 radical (unpaired) electrons. The minimum Gasteiger partial charge on any atom is -0.455 e. The topological polar surface area (TPSA) is 61.8 Å². The molecule has 3 aromatic rings. The zero-order valence-corrected chi connectivity index (χ0v) is 17.9. The SMILES string of the molecule is O=C(OC1C2CC3C(=O)OC1C3O2)c1cccc([S+](c2ccccc2)c2ccccc2)c1. The number of rotatable bonds is 5. The second-order valence-electron chi connectivity index (χ2n) is 8.21. The molecular weight excluding hydrogens is 424 g/mol. The minimum absolute atomic E-state index is 0.206. The van der Waals surface area contributed by atoms with E-state index in [9.17, 15) is 9.59 Å². The maximum atomic E-state index is 13.1. The summed E-state index contributed by atoms with van der Waals surface area (Å²) in [6.07, 6.45) is -1.01. The average molecular weight is 446 g/mol. The van der Waals surface area contributed by atoms with Crippen molar-refractivity contribution in [3.05, 3.63) is 90.5 Å². The zero-order chi connectivity index (χ0) is 21.7. The maximum absolute atomic E-state index is 13.1. The van der Waals surface area contributed by atoms with E-state index >= 15 is 0 Å². The quantitative estimate of drug-likeness (QED) is 0.439.